The lowest BCUT2D eigenvalue weighted by atomic mass is 10.1. The quantitative estimate of drug-likeness (QED) is 0.214. The number of carbonyl (C=O) groups is 1. The Morgan fingerprint density at radius 2 is 1.85 bits per heavy atom. The fourth-order valence-corrected chi connectivity index (χ4v) is 4.32. The Morgan fingerprint density at radius 1 is 1.06 bits per heavy atom. The van der Waals surface area contributed by atoms with Crippen molar-refractivity contribution in [1.82, 2.24) is 19.7 Å². The van der Waals surface area contributed by atoms with Crippen molar-refractivity contribution in [2.24, 2.45) is 5.73 Å². The van der Waals surface area contributed by atoms with Crippen molar-refractivity contribution >= 4 is 28.6 Å². The molecule has 0 fully saturated rings. The Hall–Kier alpha value is -3.46. The number of carbonyl (C=O) groups excluding carboxylic acids is 1. The summed E-state index contributed by atoms with van der Waals surface area (Å²) >= 11 is 1.40. The number of primary amides is 1. The van der Waals surface area contributed by atoms with Crippen LogP contribution in [0.4, 0.5) is 0 Å². The Balaban J connectivity index is 1.52. The van der Waals surface area contributed by atoms with Gasteiger partial charge in [0, 0.05) is 18.5 Å². The summed E-state index contributed by atoms with van der Waals surface area (Å²) in [7, 11) is 0. The number of fused-ring (bicyclic) bond motifs is 1. The Kier molecular flexibility index (Phi) is 7.19. The molecule has 0 aliphatic heterocycles. The summed E-state index contributed by atoms with van der Waals surface area (Å²) in [5, 5.41) is 5.27. The standard InChI is InChI=1S/C24H25N5O3S/c1-16-10-12-17(13-11-16)22-27-21(28-32-22)15-33-24-26-19-8-5-4-7-18(19)23(31)29(24)14-6-2-3-9-20(25)30/h4-5,7-8,10-13H,2-3,6,9,14-15H2,1H3,(H2,25,30). The van der Waals surface area contributed by atoms with Crippen LogP contribution in [0.25, 0.3) is 22.4 Å². The van der Waals surface area contributed by atoms with Crippen molar-refractivity contribution in [3.05, 3.63) is 70.3 Å². The van der Waals surface area contributed by atoms with E-state index in [0.29, 0.717) is 52.9 Å². The zero-order valence-corrected chi connectivity index (χ0v) is 19.2. The Morgan fingerprint density at radius 3 is 2.64 bits per heavy atom. The summed E-state index contributed by atoms with van der Waals surface area (Å²) in [5.74, 6) is 1.11. The predicted molar refractivity (Wildman–Crippen MR) is 128 cm³/mol. The van der Waals surface area contributed by atoms with Gasteiger partial charge in [-0.25, -0.2) is 4.98 Å². The van der Waals surface area contributed by atoms with Gasteiger partial charge in [0.2, 0.25) is 5.91 Å². The van der Waals surface area contributed by atoms with Crippen molar-refractivity contribution < 1.29 is 9.32 Å². The molecule has 4 rings (SSSR count). The molecule has 2 heterocycles. The SMILES string of the molecule is Cc1ccc(-c2nc(CSc3nc4ccccc4c(=O)n3CCCCCC(N)=O)no2)cc1. The number of benzene rings is 2. The molecule has 0 saturated heterocycles. The molecule has 0 radical (unpaired) electrons. The van der Waals surface area contributed by atoms with Crippen LogP contribution in [0.1, 0.15) is 37.1 Å². The number of thioether (sulfide) groups is 1. The predicted octanol–water partition coefficient (Wildman–Crippen LogP) is 4.09. The van der Waals surface area contributed by atoms with Gasteiger partial charge in [-0.1, -0.05) is 53.2 Å². The molecule has 33 heavy (non-hydrogen) atoms. The van der Waals surface area contributed by atoms with Gasteiger partial charge in [-0.2, -0.15) is 4.98 Å². The minimum Gasteiger partial charge on any atom is -0.370 e. The molecule has 2 aromatic carbocycles. The van der Waals surface area contributed by atoms with Gasteiger partial charge in [0.25, 0.3) is 11.4 Å². The zero-order chi connectivity index (χ0) is 23.2. The number of nitrogens with two attached hydrogens (primary N) is 1. The van der Waals surface area contributed by atoms with Crippen LogP contribution in [-0.4, -0.2) is 25.6 Å². The van der Waals surface area contributed by atoms with E-state index in [1.165, 1.54) is 11.8 Å². The Bertz CT molecular complexity index is 1310. The van der Waals surface area contributed by atoms with Crippen molar-refractivity contribution in [3.8, 4) is 11.5 Å². The van der Waals surface area contributed by atoms with Crippen LogP contribution in [0.15, 0.2) is 63.0 Å². The molecular weight excluding hydrogens is 438 g/mol. The maximum Gasteiger partial charge on any atom is 0.262 e. The number of hydrogen-bond donors (Lipinski definition) is 1. The van der Waals surface area contributed by atoms with E-state index in [-0.39, 0.29) is 11.5 Å². The summed E-state index contributed by atoms with van der Waals surface area (Å²) < 4.78 is 7.11. The van der Waals surface area contributed by atoms with E-state index < -0.39 is 0 Å². The van der Waals surface area contributed by atoms with E-state index in [0.717, 1.165) is 24.0 Å². The van der Waals surface area contributed by atoms with Gasteiger partial charge in [0.1, 0.15) is 0 Å². The lowest BCUT2D eigenvalue weighted by Crippen LogP contribution is -2.23. The topological polar surface area (TPSA) is 117 Å². The molecule has 0 aliphatic carbocycles. The molecule has 0 atom stereocenters. The molecule has 8 nitrogen and oxygen atoms in total. The summed E-state index contributed by atoms with van der Waals surface area (Å²) in [5.41, 5.74) is 7.81. The lowest BCUT2D eigenvalue weighted by Gasteiger charge is -2.12. The van der Waals surface area contributed by atoms with E-state index in [4.69, 9.17) is 15.2 Å². The highest BCUT2D eigenvalue weighted by Crippen LogP contribution is 2.24. The molecule has 0 spiro atoms. The molecule has 0 unspecified atom stereocenters. The van der Waals surface area contributed by atoms with Crippen LogP contribution in [0.5, 0.6) is 0 Å². The summed E-state index contributed by atoms with van der Waals surface area (Å²) in [6.45, 7) is 2.53. The second kappa shape index (κ2) is 10.4. The van der Waals surface area contributed by atoms with E-state index in [2.05, 4.69) is 10.1 Å². The number of amides is 1. The minimum atomic E-state index is -0.305. The van der Waals surface area contributed by atoms with Gasteiger partial charge >= 0.3 is 0 Å². The number of rotatable bonds is 10. The normalized spacial score (nSPS) is 11.2. The van der Waals surface area contributed by atoms with E-state index >= 15 is 0 Å². The monoisotopic (exact) mass is 463 g/mol. The third kappa shape index (κ3) is 5.67. The molecule has 2 N–H and O–H groups in total. The number of hydrogen-bond acceptors (Lipinski definition) is 7. The highest BCUT2D eigenvalue weighted by atomic mass is 32.2. The van der Waals surface area contributed by atoms with Crippen LogP contribution in [0, 0.1) is 6.92 Å². The van der Waals surface area contributed by atoms with Crippen LogP contribution in [-0.2, 0) is 17.1 Å². The summed E-state index contributed by atoms with van der Waals surface area (Å²) in [6.07, 6.45) is 2.61. The van der Waals surface area contributed by atoms with Gasteiger partial charge in [-0.05, 0) is 44.0 Å². The van der Waals surface area contributed by atoms with Gasteiger partial charge in [0.15, 0.2) is 11.0 Å². The molecule has 9 heteroatoms. The highest BCUT2D eigenvalue weighted by molar-refractivity contribution is 7.98. The number of para-hydroxylation sites is 1. The maximum absolute atomic E-state index is 13.1. The molecule has 0 saturated carbocycles. The first-order valence-corrected chi connectivity index (χ1v) is 11.8. The molecule has 0 bridgehead atoms. The average molecular weight is 464 g/mol. The van der Waals surface area contributed by atoms with Crippen LogP contribution in [0.3, 0.4) is 0 Å². The van der Waals surface area contributed by atoms with Gasteiger partial charge in [0.05, 0.1) is 16.7 Å². The molecule has 0 aliphatic rings. The van der Waals surface area contributed by atoms with Crippen LogP contribution in [0.2, 0.25) is 0 Å². The van der Waals surface area contributed by atoms with E-state index in [9.17, 15) is 9.59 Å². The fourth-order valence-electron chi connectivity index (χ4n) is 3.46. The van der Waals surface area contributed by atoms with Gasteiger partial charge in [-0.15, -0.1) is 0 Å². The summed E-state index contributed by atoms with van der Waals surface area (Å²) in [4.78, 5) is 33.3. The lowest BCUT2D eigenvalue weighted by molar-refractivity contribution is -0.118. The van der Waals surface area contributed by atoms with Crippen molar-refractivity contribution in [3.63, 3.8) is 0 Å². The van der Waals surface area contributed by atoms with Crippen molar-refractivity contribution in [2.45, 2.75) is 50.1 Å². The number of aryl methyl sites for hydroxylation is 1. The van der Waals surface area contributed by atoms with Crippen LogP contribution < -0.4 is 11.3 Å². The third-order valence-corrected chi connectivity index (χ3v) is 6.20. The first kappa shape index (κ1) is 22.7. The van der Waals surface area contributed by atoms with Crippen molar-refractivity contribution in [2.75, 3.05) is 0 Å². The highest BCUT2D eigenvalue weighted by Gasteiger charge is 2.14. The minimum absolute atomic E-state index is 0.0774. The first-order chi connectivity index (χ1) is 16.0. The van der Waals surface area contributed by atoms with Crippen molar-refractivity contribution in [1.29, 1.82) is 0 Å². The summed E-state index contributed by atoms with van der Waals surface area (Å²) in [6, 6.07) is 15.2. The number of aromatic nitrogens is 4. The number of nitrogens with zero attached hydrogens (tertiary/aromatic N) is 4. The van der Waals surface area contributed by atoms with Crippen LogP contribution >= 0.6 is 11.8 Å². The largest absolute Gasteiger partial charge is 0.370 e. The smallest absolute Gasteiger partial charge is 0.262 e. The van der Waals surface area contributed by atoms with Gasteiger partial charge < -0.3 is 10.3 Å². The zero-order valence-electron chi connectivity index (χ0n) is 18.4. The first-order valence-electron chi connectivity index (χ1n) is 10.8. The average Bonchev–Trinajstić information content (AvgIpc) is 3.28. The molecule has 2 aromatic heterocycles. The second-order valence-electron chi connectivity index (χ2n) is 7.82. The molecule has 170 valence electrons. The molecule has 1 amide bonds. The van der Waals surface area contributed by atoms with E-state index in [1.54, 1.807) is 10.6 Å². The molecule has 4 aromatic rings. The van der Waals surface area contributed by atoms with Gasteiger partial charge in [-0.3, -0.25) is 14.2 Å². The Labute approximate surface area is 195 Å². The fraction of sp³-hybridized carbons (Fsp3) is 0.292. The maximum atomic E-state index is 13.1. The third-order valence-electron chi connectivity index (χ3n) is 5.23. The van der Waals surface area contributed by atoms with E-state index in [1.807, 2.05) is 49.4 Å². The molecular formula is C24H25N5O3S. The number of unbranched alkanes of at least 4 members (excludes halogenated alkanes) is 2. The second-order valence-corrected chi connectivity index (χ2v) is 8.76.